The van der Waals surface area contributed by atoms with Gasteiger partial charge in [-0.2, -0.15) is 5.10 Å². The highest BCUT2D eigenvalue weighted by Crippen LogP contribution is 2.24. The number of nitro benzene ring substituents is 1. The Balaban J connectivity index is 1.74. The second-order valence-corrected chi connectivity index (χ2v) is 9.29. The number of rotatable bonds is 5. The van der Waals surface area contributed by atoms with Gasteiger partial charge >= 0.3 is 0 Å². The molecule has 8 heteroatoms. The van der Waals surface area contributed by atoms with Gasteiger partial charge in [-0.25, -0.2) is 4.68 Å². The summed E-state index contributed by atoms with van der Waals surface area (Å²) >= 11 is 3.26. The van der Waals surface area contributed by atoms with E-state index in [0.29, 0.717) is 6.04 Å². The van der Waals surface area contributed by atoms with E-state index in [1.165, 1.54) is 36.3 Å². The van der Waals surface area contributed by atoms with E-state index in [1.807, 2.05) is 16.3 Å². The van der Waals surface area contributed by atoms with Gasteiger partial charge in [-0.15, -0.1) is 22.7 Å². The molecule has 3 aromatic rings. The Morgan fingerprint density at radius 3 is 2.55 bits per heavy atom. The fourth-order valence-corrected chi connectivity index (χ4v) is 5.11. The molecule has 0 saturated heterocycles. The average molecular weight is 427 g/mol. The molecule has 0 bridgehead atoms. The molecule has 4 rings (SSSR count). The van der Waals surface area contributed by atoms with Crippen molar-refractivity contribution in [3.05, 3.63) is 66.4 Å². The lowest BCUT2D eigenvalue weighted by atomic mass is 9.96. The maximum Gasteiger partial charge on any atom is 0.269 e. The molecule has 0 aliphatic heterocycles. The van der Waals surface area contributed by atoms with Crippen molar-refractivity contribution in [3.8, 4) is 11.3 Å². The van der Waals surface area contributed by atoms with E-state index < -0.39 is 0 Å². The molecule has 0 amide bonds. The predicted octanol–water partition coefficient (Wildman–Crippen LogP) is 5.61. The van der Waals surface area contributed by atoms with Crippen LogP contribution < -0.4 is 4.80 Å². The SMILES string of the molecule is Cc1ccc(C=Nn2c(-c3ccc([N+](=O)[O-])cc3)csc2=NC2CCCCC2)s1. The Bertz CT molecular complexity index is 1090. The fraction of sp³-hybridized carbons (Fsp3) is 0.333. The van der Waals surface area contributed by atoms with Gasteiger partial charge in [-0.3, -0.25) is 15.1 Å². The lowest BCUT2D eigenvalue weighted by molar-refractivity contribution is -0.384. The van der Waals surface area contributed by atoms with Gasteiger partial charge in [0.1, 0.15) is 0 Å². The molecule has 1 fully saturated rings. The lowest BCUT2D eigenvalue weighted by Gasteiger charge is -2.16. The summed E-state index contributed by atoms with van der Waals surface area (Å²) in [6.07, 6.45) is 7.86. The molecular weight excluding hydrogens is 404 g/mol. The van der Waals surface area contributed by atoms with Crippen LogP contribution in [0, 0.1) is 17.0 Å². The van der Waals surface area contributed by atoms with Crippen molar-refractivity contribution >= 4 is 34.6 Å². The van der Waals surface area contributed by atoms with E-state index in [-0.39, 0.29) is 10.6 Å². The highest BCUT2D eigenvalue weighted by molar-refractivity contribution is 7.13. The van der Waals surface area contributed by atoms with Crippen LogP contribution in [0.4, 0.5) is 5.69 Å². The van der Waals surface area contributed by atoms with E-state index in [9.17, 15) is 10.1 Å². The molecular formula is C21H22N4O2S2. The van der Waals surface area contributed by atoms with Gasteiger partial charge in [0, 0.05) is 32.8 Å². The van der Waals surface area contributed by atoms with Gasteiger partial charge in [0.15, 0.2) is 0 Å². The first-order valence-corrected chi connectivity index (χ1v) is 11.4. The number of thiazole rings is 1. The van der Waals surface area contributed by atoms with Crippen LogP contribution in [0.3, 0.4) is 0 Å². The number of aryl methyl sites for hydroxylation is 1. The molecule has 0 atom stereocenters. The first-order chi connectivity index (χ1) is 14.1. The minimum absolute atomic E-state index is 0.0835. The Hall–Kier alpha value is -2.58. The van der Waals surface area contributed by atoms with E-state index in [2.05, 4.69) is 19.1 Å². The van der Waals surface area contributed by atoms with Crippen LogP contribution in [0.2, 0.25) is 0 Å². The van der Waals surface area contributed by atoms with Crippen molar-refractivity contribution in [2.75, 3.05) is 0 Å². The number of hydrogen-bond acceptors (Lipinski definition) is 6. The van der Waals surface area contributed by atoms with Crippen molar-refractivity contribution in [2.24, 2.45) is 10.1 Å². The first-order valence-electron chi connectivity index (χ1n) is 9.70. The molecule has 0 unspecified atom stereocenters. The summed E-state index contributed by atoms with van der Waals surface area (Å²) in [5.41, 5.74) is 1.86. The Morgan fingerprint density at radius 2 is 1.90 bits per heavy atom. The molecule has 0 radical (unpaired) electrons. The fourth-order valence-electron chi connectivity index (χ4n) is 3.46. The number of aromatic nitrogens is 1. The second kappa shape index (κ2) is 8.84. The van der Waals surface area contributed by atoms with Gasteiger partial charge < -0.3 is 0 Å². The van der Waals surface area contributed by atoms with E-state index >= 15 is 0 Å². The standard InChI is InChI=1S/C21H22N4O2S2/c1-15-7-12-19(29-15)13-22-24-20(16-8-10-18(11-9-16)25(26)27)14-28-21(24)23-17-5-3-2-4-6-17/h7-14,17H,2-6H2,1H3. The highest BCUT2D eigenvalue weighted by atomic mass is 32.1. The number of nitro groups is 1. The molecule has 2 aromatic heterocycles. The van der Waals surface area contributed by atoms with Crippen LogP contribution in [-0.2, 0) is 0 Å². The number of non-ortho nitro benzene ring substituents is 1. The Morgan fingerprint density at radius 1 is 1.14 bits per heavy atom. The van der Waals surface area contributed by atoms with Gasteiger partial charge in [0.25, 0.3) is 5.69 Å². The Labute approximate surface area is 177 Å². The second-order valence-electron chi connectivity index (χ2n) is 7.13. The summed E-state index contributed by atoms with van der Waals surface area (Å²) in [5.74, 6) is 0. The van der Waals surface area contributed by atoms with E-state index in [4.69, 9.17) is 10.1 Å². The number of nitrogens with zero attached hydrogens (tertiary/aromatic N) is 4. The van der Waals surface area contributed by atoms with Crippen molar-refractivity contribution < 1.29 is 4.92 Å². The summed E-state index contributed by atoms with van der Waals surface area (Å²) < 4.78 is 1.87. The summed E-state index contributed by atoms with van der Waals surface area (Å²) in [6.45, 7) is 2.08. The smallest absolute Gasteiger partial charge is 0.258 e. The van der Waals surface area contributed by atoms with Crippen LogP contribution in [0.5, 0.6) is 0 Å². The van der Waals surface area contributed by atoms with Crippen molar-refractivity contribution in [3.63, 3.8) is 0 Å². The van der Waals surface area contributed by atoms with Crippen LogP contribution >= 0.6 is 22.7 Å². The predicted molar refractivity (Wildman–Crippen MR) is 119 cm³/mol. The number of benzene rings is 1. The average Bonchev–Trinajstić information content (AvgIpc) is 3.33. The maximum atomic E-state index is 11.0. The molecule has 1 aromatic carbocycles. The third-order valence-corrected chi connectivity index (χ3v) is 6.75. The molecule has 2 heterocycles. The Kier molecular flexibility index (Phi) is 6.01. The molecule has 1 aliphatic rings. The normalized spacial score (nSPS) is 16.0. The summed E-state index contributed by atoms with van der Waals surface area (Å²) in [5, 5.41) is 17.7. The van der Waals surface area contributed by atoms with Crippen molar-refractivity contribution in [1.82, 2.24) is 4.68 Å². The monoisotopic (exact) mass is 426 g/mol. The zero-order chi connectivity index (χ0) is 20.2. The van der Waals surface area contributed by atoms with E-state index in [1.54, 1.807) is 34.8 Å². The lowest BCUT2D eigenvalue weighted by Crippen LogP contribution is -2.18. The third kappa shape index (κ3) is 4.71. The molecule has 29 heavy (non-hydrogen) atoms. The van der Waals surface area contributed by atoms with Crippen LogP contribution in [-0.4, -0.2) is 21.9 Å². The largest absolute Gasteiger partial charge is 0.269 e. The zero-order valence-corrected chi connectivity index (χ0v) is 17.8. The summed E-state index contributed by atoms with van der Waals surface area (Å²) in [6, 6.07) is 11.1. The maximum absolute atomic E-state index is 11.0. The molecule has 0 spiro atoms. The topological polar surface area (TPSA) is 72.8 Å². The summed E-state index contributed by atoms with van der Waals surface area (Å²) in [7, 11) is 0. The zero-order valence-electron chi connectivity index (χ0n) is 16.2. The van der Waals surface area contributed by atoms with Gasteiger partial charge in [-0.1, -0.05) is 19.3 Å². The van der Waals surface area contributed by atoms with Gasteiger partial charge in [-0.05, 0) is 44.0 Å². The van der Waals surface area contributed by atoms with Crippen LogP contribution in [0.1, 0.15) is 41.9 Å². The highest BCUT2D eigenvalue weighted by Gasteiger charge is 2.14. The molecule has 0 N–H and O–H groups in total. The quantitative estimate of drug-likeness (QED) is 0.302. The molecule has 1 saturated carbocycles. The van der Waals surface area contributed by atoms with Crippen molar-refractivity contribution in [1.29, 1.82) is 0 Å². The summed E-state index contributed by atoms with van der Waals surface area (Å²) in [4.78, 5) is 18.8. The van der Waals surface area contributed by atoms with Crippen LogP contribution in [0.15, 0.2) is 51.9 Å². The molecule has 1 aliphatic carbocycles. The minimum atomic E-state index is -0.382. The van der Waals surface area contributed by atoms with Gasteiger partial charge in [0.05, 0.1) is 22.9 Å². The molecule has 150 valence electrons. The van der Waals surface area contributed by atoms with E-state index in [0.717, 1.165) is 33.8 Å². The number of hydrogen-bond donors (Lipinski definition) is 0. The van der Waals surface area contributed by atoms with Gasteiger partial charge in [0.2, 0.25) is 4.80 Å². The first kappa shape index (κ1) is 19.7. The third-order valence-electron chi connectivity index (χ3n) is 4.99. The van der Waals surface area contributed by atoms with Crippen LogP contribution in [0.25, 0.3) is 11.3 Å². The molecule has 6 nitrogen and oxygen atoms in total. The number of thiophene rings is 1. The minimum Gasteiger partial charge on any atom is -0.258 e. The van der Waals surface area contributed by atoms with Crippen molar-refractivity contribution in [2.45, 2.75) is 45.1 Å².